The van der Waals surface area contributed by atoms with E-state index in [1.165, 1.54) is 30.0 Å². The minimum Gasteiger partial charge on any atom is -0.507 e. The van der Waals surface area contributed by atoms with Gasteiger partial charge in [-0.05, 0) is 49.2 Å². The molecule has 0 saturated heterocycles. The lowest BCUT2D eigenvalue weighted by Crippen LogP contribution is -2.08. The van der Waals surface area contributed by atoms with E-state index in [4.69, 9.17) is 4.42 Å². The molecule has 3 nitrogen and oxygen atoms in total. The maximum atomic E-state index is 12.7. The first kappa shape index (κ1) is 22.7. The number of rotatable bonds is 6. The van der Waals surface area contributed by atoms with Crippen LogP contribution in [-0.4, -0.2) is 10.9 Å². The van der Waals surface area contributed by atoms with E-state index in [9.17, 15) is 23.1 Å². The fraction of sp³-hybridized carbons (Fsp3) is 0.208. The van der Waals surface area contributed by atoms with Gasteiger partial charge in [-0.2, -0.15) is 13.2 Å². The molecular weight excluding hydrogens is 425 g/mol. The van der Waals surface area contributed by atoms with Gasteiger partial charge in [0.2, 0.25) is 0 Å². The van der Waals surface area contributed by atoms with E-state index < -0.39 is 17.4 Å². The van der Waals surface area contributed by atoms with Gasteiger partial charge in [0.05, 0.1) is 5.56 Å². The Morgan fingerprint density at radius 3 is 2.35 bits per heavy atom. The highest BCUT2D eigenvalue weighted by Gasteiger charge is 2.29. The molecule has 162 valence electrons. The van der Waals surface area contributed by atoms with Crippen molar-refractivity contribution in [3.05, 3.63) is 87.5 Å². The summed E-state index contributed by atoms with van der Waals surface area (Å²) in [5.41, 5.74) is 1.88. The number of thioether (sulfide) groups is 1. The van der Waals surface area contributed by atoms with Crippen LogP contribution in [0.1, 0.15) is 28.0 Å². The van der Waals surface area contributed by atoms with Gasteiger partial charge in [0.15, 0.2) is 0 Å². The van der Waals surface area contributed by atoms with Gasteiger partial charge in [-0.1, -0.05) is 30.4 Å². The SMILES string of the molecule is C=Cc1cc(C)cc(C)c1-c1c(O)cc(CCSc2ccc(C(F)(F)F)cc2)oc1=O. The van der Waals surface area contributed by atoms with Gasteiger partial charge < -0.3 is 9.52 Å². The molecule has 1 N–H and O–H groups in total. The van der Waals surface area contributed by atoms with Gasteiger partial charge in [0, 0.05) is 28.7 Å². The van der Waals surface area contributed by atoms with Crippen molar-refractivity contribution < 1.29 is 22.7 Å². The molecule has 31 heavy (non-hydrogen) atoms. The topological polar surface area (TPSA) is 50.4 Å². The Labute approximate surface area is 182 Å². The molecule has 0 saturated carbocycles. The molecule has 0 radical (unpaired) electrons. The highest BCUT2D eigenvalue weighted by atomic mass is 32.2. The maximum absolute atomic E-state index is 12.7. The molecule has 0 unspecified atom stereocenters. The number of aromatic hydroxyl groups is 1. The third-order valence-electron chi connectivity index (χ3n) is 4.76. The molecule has 0 aliphatic carbocycles. The van der Waals surface area contributed by atoms with Crippen LogP contribution in [0.5, 0.6) is 5.75 Å². The Balaban J connectivity index is 1.78. The Morgan fingerprint density at radius 1 is 1.10 bits per heavy atom. The van der Waals surface area contributed by atoms with Gasteiger partial charge in [-0.25, -0.2) is 4.79 Å². The molecular formula is C24H21F3O3S. The second kappa shape index (κ2) is 9.06. The van der Waals surface area contributed by atoms with E-state index in [0.29, 0.717) is 28.4 Å². The Morgan fingerprint density at radius 2 is 1.77 bits per heavy atom. The zero-order valence-corrected chi connectivity index (χ0v) is 17.9. The average Bonchev–Trinajstić information content (AvgIpc) is 2.68. The average molecular weight is 446 g/mol. The fourth-order valence-electron chi connectivity index (χ4n) is 3.39. The molecule has 0 amide bonds. The van der Waals surface area contributed by atoms with Crippen molar-refractivity contribution in [3.63, 3.8) is 0 Å². The molecule has 2 aromatic carbocycles. The van der Waals surface area contributed by atoms with Gasteiger partial charge in [-0.3, -0.25) is 0 Å². The number of hydrogen-bond donors (Lipinski definition) is 1. The quantitative estimate of drug-likeness (QED) is 0.432. The molecule has 0 atom stereocenters. The predicted octanol–water partition coefficient (Wildman–Crippen LogP) is 6.63. The Bertz CT molecular complexity index is 1160. The maximum Gasteiger partial charge on any atom is 0.416 e. The fourth-order valence-corrected chi connectivity index (χ4v) is 4.26. The minimum absolute atomic E-state index is 0.0894. The van der Waals surface area contributed by atoms with Crippen molar-refractivity contribution in [2.24, 2.45) is 0 Å². The van der Waals surface area contributed by atoms with E-state index in [0.717, 1.165) is 28.8 Å². The lowest BCUT2D eigenvalue weighted by Gasteiger charge is -2.13. The first-order valence-corrected chi connectivity index (χ1v) is 10.5. The minimum atomic E-state index is -4.37. The Kier molecular flexibility index (Phi) is 6.65. The van der Waals surface area contributed by atoms with Crippen molar-refractivity contribution in [1.82, 2.24) is 0 Å². The van der Waals surface area contributed by atoms with Crippen LogP contribution < -0.4 is 5.63 Å². The van der Waals surface area contributed by atoms with Crippen molar-refractivity contribution >= 4 is 17.8 Å². The normalized spacial score (nSPS) is 11.5. The summed E-state index contributed by atoms with van der Waals surface area (Å²) in [4.78, 5) is 13.3. The third kappa shape index (κ3) is 5.22. The smallest absolute Gasteiger partial charge is 0.416 e. The standard InChI is InChI=1S/C24H21F3O3S/c1-4-16-12-14(2)11-15(3)21(16)22-20(28)13-18(30-23(22)29)9-10-31-19-7-5-17(6-8-19)24(25,26)27/h4-8,11-13,28H,1,9-10H2,2-3H3. The monoisotopic (exact) mass is 446 g/mol. The summed E-state index contributed by atoms with van der Waals surface area (Å²) < 4.78 is 43.3. The van der Waals surface area contributed by atoms with Crippen LogP contribution in [-0.2, 0) is 12.6 Å². The van der Waals surface area contributed by atoms with Gasteiger partial charge in [0.25, 0.3) is 0 Å². The summed E-state index contributed by atoms with van der Waals surface area (Å²) in [5.74, 6) is 0.589. The van der Waals surface area contributed by atoms with Crippen molar-refractivity contribution in [1.29, 1.82) is 0 Å². The molecule has 3 rings (SSSR count). The van der Waals surface area contributed by atoms with Crippen LogP contribution in [0.2, 0.25) is 0 Å². The number of benzene rings is 2. The molecule has 0 aliphatic rings. The van der Waals surface area contributed by atoms with Crippen molar-refractivity contribution in [2.75, 3.05) is 5.75 Å². The summed E-state index contributed by atoms with van der Waals surface area (Å²) in [7, 11) is 0. The molecule has 3 aromatic rings. The number of halogens is 3. The van der Waals surface area contributed by atoms with Crippen LogP contribution >= 0.6 is 11.8 Å². The molecule has 1 aromatic heterocycles. The molecule has 7 heteroatoms. The van der Waals surface area contributed by atoms with Crippen LogP contribution in [0.15, 0.2) is 63.2 Å². The van der Waals surface area contributed by atoms with Crippen molar-refractivity contribution in [3.8, 4) is 16.9 Å². The first-order chi connectivity index (χ1) is 14.6. The molecule has 0 fully saturated rings. The van der Waals surface area contributed by atoms with E-state index >= 15 is 0 Å². The first-order valence-electron chi connectivity index (χ1n) is 9.50. The second-order valence-corrected chi connectivity index (χ2v) is 8.30. The van der Waals surface area contributed by atoms with Crippen LogP contribution in [0.3, 0.4) is 0 Å². The van der Waals surface area contributed by atoms with Crippen LogP contribution in [0, 0.1) is 13.8 Å². The zero-order chi connectivity index (χ0) is 22.8. The number of aryl methyl sites for hydroxylation is 3. The summed E-state index contributed by atoms with van der Waals surface area (Å²) in [6.45, 7) is 7.57. The number of hydrogen-bond acceptors (Lipinski definition) is 4. The lowest BCUT2D eigenvalue weighted by molar-refractivity contribution is -0.137. The number of alkyl halides is 3. The molecule has 1 heterocycles. The highest BCUT2D eigenvalue weighted by Crippen LogP contribution is 2.34. The van der Waals surface area contributed by atoms with E-state index in [-0.39, 0.29) is 11.3 Å². The van der Waals surface area contributed by atoms with E-state index in [1.54, 1.807) is 6.08 Å². The molecule has 0 spiro atoms. The highest BCUT2D eigenvalue weighted by molar-refractivity contribution is 7.99. The second-order valence-electron chi connectivity index (χ2n) is 7.13. The molecule has 0 bridgehead atoms. The predicted molar refractivity (Wildman–Crippen MR) is 118 cm³/mol. The summed E-state index contributed by atoms with van der Waals surface area (Å²) in [5, 5.41) is 10.6. The van der Waals surface area contributed by atoms with Crippen LogP contribution in [0.4, 0.5) is 13.2 Å². The summed E-state index contributed by atoms with van der Waals surface area (Å²) in [6, 6.07) is 10.1. The largest absolute Gasteiger partial charge is 0.507 e. The van der Waals surface area contributed by atoms with Gasteiger partial charge in [0.1, 0.15) is 17.1 Å². The summed E-state index contributed by atoms with van der Waals surface area (Å²) >= 11 is 1.33. The van der Waals surface area contributed by atoms with Crippen molar-refractivity contribution in [2.45, 2.75) is 31.3 Å². The van der Waals surface area contributed by atoms with Gasteiger partial charge >= 0.3 is 11.8 Å². The summed E-state index contributed by atoms with van der Waals surface area (Å²) in [6.07, 6.45) is -2.41. The lowest BCUT2D eigenvalue weighted by atomic mass is 9.93. The zero-order valence-electron chi connectivity index (χ0n) is 17.0. The van der Waals surface area contributed by atoms with E-state index in [1.807, 2.05) is 26.0 Å². The van der Waals surface area contributed by atoms with E-state index in [2.05, 4.69) is 6.58 Å². The van der Waals surface area contributed by atoms with Crippen LogP contribution in [0.25, 0.3) is 17.2 Å². The molecule has 0 aliphatic heterocycles. The third-order valence-corrected chi connectivity index (χ3v) is 5.77. The Hall–Kier alpha value is -2.93. The van der Waals surface area contributed by atoms with Gasteiger partial charge in [-0.15, -0.1) is 11.8 Å².